The lowest BCUT2D eigenvalue weighted by Crippen LogP contribution is -1.83. The summed E-state index contributed by atoms with van der Waals surface area (Å²) in [7, 11) is 0. The Labute approximate surface area is 91.5 Å². The molecule has 0 aromatic carbocycles. The Morgan fingerprint density at radius 1 is 1.50 bits per heavy atom. The molecule has 2 nitrogen and oxygen atoms in total. The number of nitrogens with zero attached hydrogens (tertiary/aromatic N) is 1. The summed E-state index contributed by atoms with van der Waals surface area (Å²) in [6.07, 6.45) is 2.44. The van der Waals surface area contributed by atoms with Crippen LogP contribution in [-0.4, -0.2) is 10.9 Å². The molecule has 0 aliphatic heterocycles. The first-order valence-electron chi connectivity index (χ1n) is 4.37. The van der Waals surface area contributed by atoms with Crippen molar-refractivity contribution < 1.29 is 4.42 Å². The van der Waals surface area contributed by atoms with Crippen molar-refractivity contribution in [3.8, 4) is 10.6 Å². The van der Waals surface area contributed by atoms with Crippen LogP contribution in [0.15, 0.2) is 22.7 Å². The predicted molar refractivity (Wildman–Crippen MR) is 59.0 cm³/mol. The highest BCUT2D eigenvalue weighted by molar-refractivity contribution is 7.15. The molecule has 2 heterocycles. The van der Waals surface area contributed by atoms with Gasteiger partial charge in [0.15, 0.2) is 11.7 Å². The minimum Gasteiger partial charge on any atom is -0.440 e. The minimum atomic E-state index is 0.545. The third-order valence-corrected chi connectivity index (χ3v) is 3.05. The van der Waals surface area contributed by atoms with Crippen LogP contribution < -0.4 is 0 Å². The van der Waals surface area contributed by atoms with Gasteiger partial charge in [0.25, 0.3) is 0 Å². The molecule has 2 rings (SSSR count). The molecule has 0 atom stereocenters. The van der Waals surface area contributed by atoms with Crippen molar-refractivity contribution in [1.82, 2.24) is 4.98 Å². The summed E-state index contributed by atoms with van der Waals surface area (Å²) in [5, 5.41) is 0. The molecule has 0 bridgehead atoms. The Kier molecular flexibility index (Phi) is 2.89. The summed E-state index contributed by atoms with van der Waals surface area (Å²) in [5.41, 5.74) is 0. The third-order valence-electron chi connectivity index (χ3n) is 1.85. The Hall–Kier alpha value is -0.800. The van der Waals surface area contributed by atoms with Gasteiger partial charge in [0, 0.05) is 17.2 Å². The van der Waals surface area contributed by atoms with Crippen LogP contribution in [0.5, 0.6) is 0 Å². The number of rotatable bonds is 3. The van der Waals surface area contributed by atoms with Crippen LogP contribution in [0.25, 0.3) is 10.6 Å². The van der Waals surface area contributed by atoms with E-state index in [1.54, 1.807) is 17.5 Å². The summed E-state index contributed by atoms with van der Waals surface area (Å²) in [6.45, 7) is 2.07. The van der Waals surface area contributed by atoms with E-state index in [4.69, 9.17) is 16.0 Å². The SMILES string of the molecule is Cc1ccc(-c2cnc(CCCl)o2)s1. The van der Waals surface area contributed by atoms with Gasteiger partial charge >= 0.3 is 0 Å². The summed E-state index contributed by atoms with van der Waals surface area (Å²) in [5.74, 6) is 2.09. The molecule has 0 saturated carbocycles. The van der Waals surface area contributed by atoms with Crippen LogP contribution in [0, 0.1) is 6.92 Å². The van der Waals surface area contributed by atoms with Crippen molar-refractivity contribution in [2.45, 2.75) is 13.3 Å². The third kappa shape index (κ3) is 1.99. The molecule has 2 aromatic rings. The van der Waals surface area contributed by atoms with Crippen molar-refractivity contribution in [2.75, 3.05) is 5.88 Å². The maximum atomic E-state index is 5.60. The second-order valence-electron chi connectivity index (χ2n) is 2.97. The number of alkyl halides is 1. The standard InChI is InChI=1S/C10H10ClNOS/c1-7-2-3-9(14-7)8-6-12-10(13-8)4-5-11/h2-3,6H,4-5H2,1H3. The Morgan fingerprint density at radius 3 is 3.00 bits per heavy atom. The zero-order valence-corrected chi connectivity index (χ0v) is 9.36. The monoisotopic (exact) mass is 227 g/mol. The maximum Gasteiger partial charge on any atom is 0.196 e. The van der Waals surface area contributed by atoms with Crippen LogP contribution in [0.3, 0.4) is 0 Å². The van der Waals surface area contributed by atoms with Gasteiger partial charge in [0.1, 0.15) is 0 Å². The van der Waals surface area contributed by atoms with Crippen LogP contribution >= 0.6 is 22.9 Å². The minimum absolute atomic E-state index is 0.545. The second-order valence-corrected chi connectivity index (χ2v) is 4.63. The van der Waals surface area contributed by atoms with E-state index in [0.29, 0.717) is 18.2 Å². The van der Waals surface area contributed by atoms with Crippen molar-refractivity contribution in [3.63, 3.8) is 0 Å². The molecule has 0 N–H and O–H groups in total. The molecule has 14 heavy (non-hydrogen) atoms. The normalized spacial score (nSPS) is 10.7. The molecular weight excluding hydrogens is 218 g/mol. The lowest BCUT2D eigenvalue weighted by Gasteiger charge is -1.89. The molecule has 0 saturated heterocycles. The van der Waals surface area contributed by atoms with Gasteiger partial charge in [-0.05, 0) is 19.1 Å². The van der Waals surface area contributed by atoms with Gasteiger partial charge in [-0.25, -0.2) is 4.98 Å². The van der Waals surface area contributed by atoms with Crippen molar-refractivity contribution in [3.05, 3.63) is 29.1 Å². The molecule has 0 aliphatic rings. The lowest BCUT2D eigenvalue weighted by atomic mass is 10.4. The number of aromatic nitrogens is 1. The molecule has 0 unspecified atom stereocenters. The number of thiophene rings is 1. The number of aryl methyl sites for hydroxylation is 2. The van der Waals surface area contributed by atoms with E-state index in [1.807, 2.05) is 6.07 Å². The Balaban J connectivity index is 2.24. The Morgan fingerprint density at radius 2 is 2.36 bits per heavy atom. The highest BCUT2D eigenvalue weighted by Gasteiger charge is 2.07. The fraction of sp³-hybridized carbons (Fsp3) is 0.300. The lowest BCUT2D eigenvalue weighted by molar-refractivity contribution is 0.516. The highest BCUT2D eigenvalue weighted by Crippen LogP contribution is 2.28. The molecule has 0 amide bonds. The smallest absolute Gasteiger partial charge is 0.196 e. The molecule has 4 heteroatoms. The van der Waals surface area contributed by atoms with Crippen LogP contribution in [-0.2, 0) is 6.42 Å². The van der Waals surface area contributed by atoms with Gasteiger partial charge in [-0.1, -0.05) is 0 Å². The number of oxazole rings is 1. The topological polar surface area (TPSA) is 26.0 Å². The van der Waals surface area contributed by atoms with Gasteiger partial charge in [-0.15, -0.1) is 22.9 Å². The van der Waals surface area contributed by atoms with E-state index in [2.05, 4.69) is 18.0 Å². The van der Waals surface area contributed by atoms with E-state index in [9.17, 15) is 0 Å². The van der Waals surface area contributed by atoms with Crippen molar-refractivity contribution >= 4 is 22.9 Å². The zero-order valence-electron chi connectivity index (χ0n) is 7.79. The van der Waals surface area contributed by atoms with E-state index < -0.39 is 0 Å². The highest BCUT2D eigenvalue weighted by atomic mass is 35.5. The summed E-state index contributed by atoms with van der Waals surface area (Å²) < 4.78 is 5.54. The number of hydrogen-bond acceptors (Lipinski definition) is 3. The largest absolute Gasteiger partial charge is 0.440 e. The average Bonchev–Trinajstić information content (AvgIpc) is 2.74. The fourth-order valence-electron chi connectivity index (χ4n) is 1.19. The van der Waals surface area contributed by atoms with E-state index in [0.717, 1.165) is 10.6 Å². The van der Waals surface area contributed by atoms with E-state index in [-0.39, 0.29) is 0 Å². The average molecular weight is 228 g/mol. The molecular formula is C10H10ClNOS. The van der Waals surface area contributed by atoms with Gasteiger partial charge in [-0.3, -0.25) is 0 Å². The molecule has 0 spiro atoms. The fourth-order valence-corrected chi connectivity index (χ4v) is 2.16. The number of halogens is 1. The van der Waals surface area contributed by atoms with Crippen LogP contribution in [0.4, 0.5) is 0 Å². The van der Waals surface area contributed by atoms with Crippen molar-refractivity contribution in [2.24, 2.45) is 0 Å². The van der Waals surface area contributed by atoms with Gasteiger partial charge in [0.05, 0.1) is 11.1 Å². The zero-order chi connectivity index (χ0) is 9.97. The van der Waals surface area contributed by atoms with Crippen LogP contribution in [0.2, 0.25) is 0 Å². The van der Waals surface area contributed by atoms with E-state index >= 15 is 0 Å². The Bertz CT molecular complexity index is 421. The molecule has 2 aromatic heterocycles. The second kappa shape index (κ2) is 4.15. The predicted octanol–water partition coefficient (Wildman–Crippen LogP) is 3.49. The molecule has 74 valence electrons. The number of hydrogen-bond donors (Lipinski definition) is 0. The van der Waals surface area contributed by atoms with Gasteiger partial charge in [-0.2, -0.15) is 0 Å². The van der Waals surface area contributed by atoms with E-state index in [1.165, 1.54) is 4.88 Å². The first-order chi connectivity index (χ1) is 6.79. The summed E-state index contributed by atoms with van der Waals surface area (Å²) in [4.78, 5) is 6.54. The molecule has 0 radical (unpaired) electrons. The first kappa shape index (κ1) is 9.74. The van der Waals surface area contributed by atoms with Crippen molar-refractivity contribution in [1.29, 1.82) is 0 Å². The van der Waals surface area contributed by atoms with Crippen LogP contribution in [0.1, 0.15) is 10.8 Å². The summed E-state index contributed by atoms with van der Waals surface area (Å²) in [6, 6.07) is 4.12. The quantitative estimate of drug-likeness (QED) is 0.751. The maximum absolute atomic E-state index is 5.60. The molecule has 0 aliphatic carbocycles. The van der Waals surface area contributed by atoms with Gasteiger partial charge in [0.2, 0.25) is 0 Å². The van der Waals surface area contributed by atoms with Gasteiger partial charge < -0.3 is 4.42 Å². The summed E-state index contributed by atoms with van der Waals surface area (Å²) >= 11 is 7.30. The first-order valence-corrected chi connectivity index (χ1v) is 5.72. The molecule has 0 fully saturated rings.